The van der Waals surface area contributed by atoms with Gasteiger partial charge in [-0.1, -0.05) is 6.92 Å². The molecule has 0 radical (unpaired) electrons. The first-order chi connectivity index (χ1) is 7.99. The third-order valence-electron chi connectivity index (χ3n) is 2.92. The first kappa shape index (κ1) is 12.3. The van der Waals surface area contributed by atoms with Crippen molar-refractivity contribution in [2.24, 2.45) is 11.8 Å². The molecule has 2 unspecified atom stereocenters. The molecule has 0 saturated heterocycles. The lowest BCUT2D eigenvalue weighted by atomic mass is 10.1. The molecule has 5 heteroatoms. The van der Waals surface area contributed by atoms with Crippen LogP contribution in [0.25, 0.3) is 0 Å². The molecule has 90 valence electrons. The fraction of sp³-hybridized carbons (Fsp3) is 0.333. The molecule has 0 spiro atoms. The van der Waals surface area contributed by atoms with Gasteiger partial charge in [-0.3, -0.25) is 4.79 Å². The van der Waals surface area contributed by atoms with Crippen molar-refractivity contribution < 1.29 is 14.7 Å². The fourth-order valence-electron chi connectivity index (χ4n) is 1.72. The third kappa shape index (κ3) is 2.77. The number of halogens is 1. The Morgan fingerprint density at radius 3 is 2.65 bits per heavy atom. The van der Waals surface area contributed by atoms with Gasteiger partial charge in [-0.25, -0.2) is 4.79 Å². The van der Waals surface area contributed by atoms with Gasteiger partial charge in [-0.15, -0.1) is 0 Å². The Labute approximate surface area is 113 Å². The summed E-state index contributed by atoms with van der Waals surface area (Å²) in [5.74, 6) is -0.660. The quantitative estimate of drug-likeness (QED) is 0.828. The summed E-state index contributed by atoms with van der Waals surface area (Å²) >= 11 is 2.04. The van der Waals surface area contributed by atoms with Crippen molar-refractivity contribution in [3.63, 3.8) is 0 Å². The van der Waals surface area contributed by atoms with Crippen molar-refractivity contribution >= 4 is 40.2 Å². The number of amides is 1. The average molecular weight is 345 g/mol. The number of aromatic carboxylic acids is 1. The van der Waals surface area contributed by atoms with E-state index < -0.39 is 5.97 Å². The number of nitrogens with one attached hydrogen (secondary N) is 1. The lowest BCUT2D eigenvalue weighted by Gasteiger charge is -2.08. The summed E-state index contributed by atoms with van der Waals surface area (Å²) in [6, 6.07) is 4.96. The van der Waals surface area contributed by atoms with Crippen LogP contribution < -0.4 is 5.32 Å². The van der Waals surface area contributed by atoms with Crippen LogP contribution in [0.1, 0.15) is 23.7 Å². The van der Waals surface area contributed by atoms with Gasteiger partial charge in [-0.2, -0.15) is 0 Å². The highest BCUT2D eigenvalue weighted by Crippen LogP contribution is 2.38. The van der Waals surface area contributed by atoms with Crippen LogP contribution in [0.15, 0.2) is 18.2 Å². The molecule has 4 nitrogen and oxygen atoms in total. The second kappa shape index (κ2) is 4.64. The Bertz CT molecular complexity index is 487. The smallest absolute Gasteiger partial charge is 0.337 e. The van der Waals surface area contributed by atoms with Gasteiger partial charge in [0.05, 0.1) is 11.3 Å². The Hall–Kier alpha value is -1.11. The molecular weight excluding hydrogens is 333 g/mol. The number of hydrogen-bond acceptors (Lipinski definition) is 2. The Kier molecular flexibility index (Phi) is 3.37. The monoisotopic (exact) mass is 345 g/mol. The van der Waals surface area contributed by atoms with Crippen molar-refractivity contribution in [2.45, 2.75) is 13.3 Å². The standard InChI is InChI=1S/C12H12INO3/c1-6-4-8(6)11(15)14-10-3-2-7(13)5-9(10)12(16)17/h2-3,5-6,8H,4H2,1H3,(H,14,15)(H,16,17). The van der Waals surface area contributed by atoms with Gasteiger partial charge in [0.1, 0.15) is 0 Å². The minimum absolute atomic E-state index is 0.0379. The van der Waals surface area contributed by atoms with Gasteiger partial charge >= 0.3 is 5.97 Å². The molecule has 0 bridgehead atoms. The summed E-state index contributed by atoms with van der Waals surface area (Å²) in [6.45, 7) is 2.01. The number of carbonyl (C=O) groups excluding carboxylic acids is 1. The molecule has 2 rings (SSSR count). The van der Waals surface area contributed by atoms with Gasteiger partial charge in [-0.05, 0) is 53.1 Å². The lowest BCUT2D eigenvalue weighted by molar-refractivity contribution is -0.117. The molecule has 1 aromatic rings. The van der Waals surface area contributed by atoms with E-state index in [0.29, 0.717) is 11.6 Å². The van der Waals surface area contributed by atoms with Gasteiger partial charge < -0.3 is 10.4 Å². The summed E-state index contributed by atoms with van der Waals surface area (Å²) in [7, 11) is 0. The summed E-state index contributed by atoms with van der Waals surface area (Å²) in [4.78, 5) is 22.8. The molecule has 1 aromatic carbocycles. The number of rotatable bonds is 3. The molecule has 0 aliphatic heterocycles. The highest BCUT2D eigenvalue weighted by atomic mass is 127. The van der Waals surface area contributed by atoms with Crippen LogP contribution in [0.4, 0.5) is 5.69 Å². The van der Waals surface area contributed by atoms with E-state index in [0.717, 1.165) is 9.99 Å². The summed E-state index contributed by atoms with van der Waals surface area (Å²) in [5.41, 5.74) is 0.514. The summed E-state index contributed by atoms with van der Waals surface area (Å²) in [5, 5.41) is 11.7. The largest absolute Gasteiger partial charge is 0.478 e. The molecule has 1 aliphatic rings. The molecule has 2 N–H and O–H groups in total. The topological polar surface area (TPSA) is 66.4 Å². The maximum absolute atomic E-state index is 11.7. The molecular formula is C12H12INO3. The second-order valence-corrected chi connectivity index (χ2v) is 5.55. The van der Waals surface area contributed by atoms with Crippen molar-refractivity contribution in [1.29, 1.82) is 0 Å². The highest BCUT2D eigenvalue weighted by molar-refractivity contribution is 14.1. The molecule has 2 atom stereocenters. The van der Waals surface area contributed by atoms with Crippen LogP contribution in [-0.2, 0) is 4.79 Å². The maximum atomic E-state index is 11.7. The predicted molar refractivity (Wildman–Crippen MR) is 72.0 cm³/mol. The van der Waals surface area contributed by atoms with Gasteiger partial charge in [0.15, 0.2) is 0 Å². The molecule has 1 amide bonds. The average Bonchev–Trinajstić information content (AvgIpc) is 2.98. The highest BCUT2D eigenvalue weighted by Gasteiger charge is 2.39. The van der Waals surface area contributed by atoms with Crippen LogP contribution >= 0.6 is 22.6 Å². The normalized spacial score (nSPS) is 22.0. The fourth-order valence-corrected chi connectivity index (χ4v) is 2.21. The van der Waals surface area contributed by atoms with E-state index in [-0.39, 0.29) is 17.4 Å². The van der Waals surface area contributed by atoms with E-state index in [9.17, 15) is 9.59 Å². The molecule has 0 aromatic heterocycles. The predicted octanol–water partition coefficient (Wildman–Crippen LogP) is 2.58. The number of carboxylic acid groups (broad SMARTS) is 1. The van der Waals surface area contributed by atoms with Crippen molar-refractivity contribution in [3.05, 3.63) is 27.3 Å². The first-order valence-electron chi connectivity index (χ1n) is 5.32. The molecule has 17 heavy (non-hydrogen) atoms. The molecule has 1 aliphatic carbocycles. The summed E-state index contributed by atoms with van der Waals surface area (Å²) in [6.07, 6.45) is 0.888. The Morgan fingerprint density at radius 2 is 2.12 bits per heavy atom. The van der Waals surface area contributed by atoms with Gasteiger partial charge in [0, 0.05) is 9.49 Å². The van der Waals surface area contributed by atoms with Crippen molar-refractivity contribution in [1.82, 2.24) is 0 Å². The number of carbonyl (C=O) groups is 2. The minimum atomic E-state index is -1.03. The second-order valence-electron chi connectivity index (χ2n) is 4.30. The van der Waals surface area contributed by atoms with E-state index in [4.69, 9.17) is 5.11 Å². The Balaban J connectivity index is 2.20. The molecule has 0 heterocycles. The van der Waals surface area contributed by atoms with E-state index in [1.54, 1.807) is 18.2 Å². The van der Waals surface area contributed by atoms with Crippen LogP contribution in [0.5, 0.6) is 0 Å². The van der Waals surface area contributed by atoms with E-state index in [1.165, 1.54) is 0 Å². The SMILES string of the molecule is CC1CC1C(=O)Nc1ccc(I)cc1C(=O)O. The number of anilines is 1. The minimum Gasteiger partial charge on any atom is -0.478 e. The van der Waals surface area contributed by atoms with Crippen LogP contribution in [0.2, 0.25) is 0 Å². The van der Waals surface area contributed by atoms with Crippen LogP contribution in [-0.4, -0.2) is 17.0 Å². The van der Waals surface area contributed by atoms with E-state index in [1.807, 2.05) is 29.5 Å². The first-order valence-corrected chi connectivity index (χ1v) is 6.40. The van der Waals surface area contributed by atoms with Gasteiger partial charge in [0.25, 0.3) is 0 Å². The molecule has 1 saturated carbocycles. The zero-order valence-corrected chi connectivity index (χ0v) is 11.4. The maximum Gasteiger partial charge on any atom is 0.337 e. The number of benzene rings is 1. The summed E-state index contributed by atoms with van der Waals surface area (Å²) < 4.78 is 0.831. The number of carboxylic acids is 1. The van der Waals surface area contributed by atoms with Gasteiger partial charge in [0.2, 0.25) is 5.91 Å². The van der Waals surface area contributed by atoms with E-state index in [2.05, 4.69) is 5.32 Å². The van der Waals surface area contributed by atoms with Crippen LogP contribution in [0, 0.1) is 15.4 Å². The molecule has 1 fully saturated rings. The lowest BCUT2D eigenvalue weighted by Crippen LogP contribution is -2.17. The van der Waals surface area contributed by atoms with E-state index >= 15 is 0 Å². The number of hydrogen-bond donors (Lipinski definition) is 2. The van der Waals surface area contributed by atoms with Crippen molar-refractivity contribution in [2.75, 3.05) is 5.32 Å². The van der Waals surface area contributed by atoms with Crippen molar-refractivity contribution in [3.8, 4) is 0 Å². The zero-order valence-electron chi connectivity index (χ0n) is 9.24. The Morgan fingerprint density at radius 1 is 1.47 bits per heavy atom. The zero-order chi connectivity index (χ0) is 12.6. The third-order valence-corrected chi connectivity index (χ3v) is 3.59. The van der Waals surface area contributed by atoms with Crippen LogP contribution in [0.3, 0.4) is 0 Å².